The number of hydrogen-bond donors (Lipinski definition) is 0. The van der Waals surface area contributed by atoms with Gasteiger partial charge in [0.2, 0.25) is 11.8 Å². The zero-order chi connectivity index (χ0) is 20.3. The van der Waals surface area contributed by atoms with Crippen molar-refractivity contribution >= 4 is 11.8 Å². The molecule has 0 aliphatic carbocycles. The molecule has 0 spiro atoms. The number of ether oxygens (including phenoxy) is 1. The summed E-state index contributed by atoms with van der Waals surface area (Å²) in [5.74, 6) is -0.582. The molecule has 5 nitrogen and oxygen atoms in total. The second-order valence-electron chi connectivity index (χ2n) is 7.09. The number of rotatable bonds is 3. The molecule has 8 heteroatoms. The number of benzene rings is 1. The molecule has 0 saturated carbocycles. The maximum absolute atomic E-state index is 13.0. The van der Waals surface area contributed by atoms with E-state index in [1.807, 2.05) is 0 Å². The van der Waals surface area contributed by atoms with Crippen LogP contribution in [-0.4, -0.2) is 54.4 Å². The van der Waals surface area contributed by atoms with Gasteiger partial charge in [-0.25, -0.2) is 0 Å². The van der Waals surface area contributed by atoms with Crippen LogP contribution in [0.5, 0.6) is 0 Å². The Hall–Kier alpha value is -2.35. The van der Waals surface area contributed by atoms with Gasteiger partial charge in [0.05, 0.1) is 24.6 Å². The van der Waals surface area contributed by atoms with Gasteiger partial charge in [-0.3, -0.25) is 9.59 Å². The zero-order valence-electron chi connectivity index (χ0n) is 15.5. The molecule has 0 bridgehead atoms. The van der Waals surface area contributed by atoms with Crippen molar-refractivity contribution in [2.24, 2.45) is 5.92 Å². The zero-order valence-corrected chi connectivity index (χ0v) is 15.5. The molecule has 152 valence electrons. The van der Waals surface area contributed by atoms with E-state index < -0.39 is 17.8 Å². The molecule has 2 aliphatic heterocycles. The van der Waals surface area contributed by atoms with E-state index in [0.717, 1.165) is 18.6 Å². The number of carbonyl (C=O) groups is 2. The number of likely N-dealkylation sites (tertiary alicyclic amines) is 1. The molecule has 2 saturated heterocycles. The van der Waals surface area contributed by atoms with Crippen LogP contribution in [0.3, 0.4) is 0 Å². The molecule has 2 unspecified atom stereocenters. The highest BCUT2D eigenvalue weighted by Crippen LogP contribution is 2.32. The Kier molecular flexibility index (Phi) is 6.07. The third kappa shape index (κ3) is 4.55. The molecule has 2 aliphatic rings. The third-order valence-corrected chi connectivity index (χ3v) is 5.22. The van der Waals surface area contributed by atoms with Gasteiger partial charge in [-0.05, 0) is 36.6 Å². The van der Waals surface area contributed by atoms with Crippen LogP contribution in [0.1, 0.15) is 30.1 Å². The highest BCUT2D eigenvalue weighted by molar-refractivity contribution is 5.88. The summed E-state index contributed by atoms with van der Waals surface area (Å²) in [5, 5.41) is 0. The van der Waals surface area contributed by atoms with Crippen molar-refractivity contribution in [3.63, 3.8) is 0 Å². The Morgan fingerprint density at radius 2 is 1.96 bits per heavy atom. The number of amides is 2. The fourth-order valence-electron chi connectivity index (χ4n) is 3.73. The second kappa shape index (κ2) is 8.34. The molecular weight excluding hydrogens is 373 g/mol. The topological polar surface area (TPSA) is 49.9 Å². The van der Waals surface area contributed by atoms with E-state index in [2.05, 4.69) is 6.58 Å². The fraction of sp³-hybridized carbons (Fsp3) is 0.500. The number of piperidine rings is 1. The first-order valence-corrected chi connectivity index (χ1v) is 9.28. The van der Waals surface area contributed by atoms with Gasteiger partial charge < -0.3 is 14.5 Å². The van der Waals surface area contributed by atoms with Crippen molar-refractivity contribution in [2.45, 2.75) is 25.1 Å². The van der Waals surface area contributed by atoms with Gasteiger partial charge in [-0.1, -0.05) is 18.7 Å². The Labute approximate surface area is 161 Å². The lowest BCUT2D eigenvalue weighted by Crippen LogP contribution is -2.49. The minimum Gasteiger partial charge on any atom is -0.370 e. The summed E-state index contributed by atoms with van der Waals surface area (Å²) < 4.78 is 44.5. The van der Waals surface area contributed by atoms with Crippen molar-refractivity contribution in [1.29, 1.82) is 0 Å². The van der Waals surface area contributed by atoms with Crippen LogP contribution in [0.25, 0.3) is 0 Å². The first kappa shape index (κ1) is 20.4. The van der Waals surface area contributed by atoms with Crippen LogP contribution < -0.4 is 0 Å². The molecule has 2 heterocycles. The van der Waals surface area contributed by atoms with Gasteiger partial charge in [0.25, 0.3) is 0 Å². The fourth-order valence-corrected chi connectivity index (χ4v) is 3.73. The van der Waals surface area contributed by atoms with Gasteiger partial charge in [0, 0.05) is 19.6 Å². The molecule has 3 rings (SSSR count). The lowest BCUT2D eigenvalue weighted by molar-refractivity contribution is -0.146. The first-order chi connectivity index (χ1) is 13.3. The number of alkyl halides is 3. The van der Waals surface area contributed by atoms with E-state index in [1.165, 1.54) is 12.1 Å². The van der Waals surface area contributed by atoms with Crippen molar-refractivity contribution in [3.05, 3.63) is 48.0 Å². The summed E-state index contributed by atoms with van der Waals surface area (Å²) in [6, 6.07) is 5.02. The average Bonchev–Trinajstić information content (AvgIpc) is 2.72. The van der Waals surface area contributed by atoms with E-state index in [9.17, 15) is 22.8 Å². The van der Waals surface area contributed by atoms with Crippen LogP contribution >= 0.6 is 0 Å². The number of hydrogen-bond acceptors (Lipinski definition) is 3. The minimum absolute atomic E-state index is 0.0816. The number of halogens is 3. The highest BCUT2D eigenvalue weighted by Gasteiger charge is 2.35. The van der Waals surface area contributed by atoms with Crippen LogP contribution in [0.2, 0.25) is 0 Å². The number of carbonyl (C=O) groups excluding carboxylic acids is 2. The van der Waals surface area contributed by atoms with Crippen molar-refractivity contribution in [2.75, 3.05) is 32.8 Å². The Morgan fingerprint density at radius 3 is 2.68 bits per heavy atom. The van der Waals surface area contributed by atoms with Crippen LogP contribution in [0.15, 0.2) is 36.9 Å². The van der Waals surface area contributed by atoms with Gasteiger partial charge >= 0.3 is 6.18 Å². The molecule has 2 amide bonds. The molecule has 28 heavy (non-hydrogen) atoms. The minimum atomic E-state index is -4.43. The summed E-state index contributed by atoms with van der Waals surface area (Å²) in [5.41, 5.74) is -0.331. The highest BCUT2D eigenvalue weighted by atomic mass is 19.4. The normalized spacial score (nSPS) is 23.4. The second-order valence-corrected chi connectivity index (χ2v) is 7.09. The number of nitrogens with zero attached hydrogens (tertiary/aromatic N) is 2. The number of morpholine rings is 1. The summed E-state index contributed by atoms with van der Waals surface area (Å²) in [7, 11) is 0. The predicted octanol–water partition coefficient (Wildman–Crippen LogP) is 3.03. The van der Waals surface area contributed by atoms with Crippen molar-refractivity contribution < 1.29 is 27.5 Å². The summed E-state index contributed by atoms with van der Waals surface area (Å²) in [4.78, 5) is 28.0. The molecule has 1 aromatic carbocycles. The molecule has 0 aromatic heterocycles. The van der Waals surface area contributed by atoms with E-state index in [1.54, 1.807) is 15.9 Å². The van der Waals surface area contributed by atoms with Gasteiger partial charge in [-0.2, -0.15) is 13.2 Å². The third-order valence-electron chi connectivity index (χ3n) is 5.22. The van der Waals surface area contributed by atoms with Gasteiger partial charge in [0.1, 0.15) is 6.10 Å². The van der Waals surface area contributed by atoms with Crippen molar-refractivity contribution in [3.8, 4) is 0 Å². The first-order valence-electron chi connectivity index (χ1n) is 9.28. The van der Waals surface area contributed by atoms with E-state index in [0.29, 0.717) is 31.6 Å². The summed E-state index contributed by atoms with van der Waals surface area (Å²) in [6.07, 6.45) is -2.37. The largest absolute Gasteiger partial charge is 0.416 e. The van der Waals surface area contributed by atoms with Crippen LogP contribution in [-0.2, 0) is 20.5 Å². The van der Waals surface area contributed by atoms with Gasteiger partial charge in [-0.15, -0.1) is 0 Å². The molecule has 0 N–H and O–H groups in total. The van der Waals surface area contributed by atoms with Crippen molar-refractivity contribution in [1.82, 2.24) is 9.80 Å². The Balaban J connectivity index is 1.68. The van der Waals surface area contributed by atoms with E-state index in [-0.39, 0.29) is 30.9 Å². The van der Waals surface area contributed by atoms with Gasteiger partial charge in [0.15, 0.2) is 0 Å². The summed E-state index contributed by atoms with van der Waals surface area (Å²) >= 11 is 0. The molecule has 1 aromatic rings. The maximum Gasteiger partial charge on any atom is 0.416 e. The lowest BCUT2D eigenvalue weighted by atomic mass is 9.95. The van der Waals surface area contributed by atoms with Crippen LogP contribution in [0.4, 0.5) is 13.2 Å². The Bertz CT molecular complexity index is 750. The molecule has 2 atom stereocenters. The maximum atomic E-state index is 13.0. The Morgan fingerprint density at radius 1 is 1.18 bits per heavy atom. The molecule has 0 radical (unpaired) electrons. The quantitative estimate of drug-likeness (QED) is 0.738. The SMILES string of the molecule is C=CC(=O)N1CCCC(C(=O)N2CCOC(c3cccc(C(F)(F)F)c3)C2)C1. The van der Waals surface area contributed by atoms with E-state index >= 15 is 0 Å². The molecular formula is C20H23F3N2O3. The smallest absolute Gasteiger partial charge is 0.370 e. The average molecular weight is 396 g/mol. The van der Waals surface area contributed by atoms with E-state index in [4.69, 9.17) is 4.74 Å². The standard InChI is InChI=1S/C20H23F3N2O3/c1-2-18(26)24-8-4-6-15(12-24)19(27)25-9-10-28-17(13-25)14-5-3-7-16(11-14)20(21,22)23/h2-3,5,7,11,15,17H,1,4,6,8-10,12-13H2. The monoisotopic (exact) mass is 396 g/mol. The predicted molar refractivity (Wildman–Crippen MR) is 96.2 cm³/mol. The lowest BCUT2D eigenvalue weighted by Gasteiger charge is -2.38. The van der Waals surface area contributed by atoms with Crippen LogP contribution in [0, 0.1) is 5.92 Å². The summed E-state index contributed by atoms with van der Waals surface area (Å²) in [6.45, 7) is 5.27. The molecule has 2 fully saturated rings.